The largest absolute Gasteiger partial charge is 0.490 e. The Hall–Kier alpha value is -2.87. The van der Waals surface area contributed by atoms with Crippen LogP contribution in [0.25, 0.3) is 0 Å². The number of nitrogens with one attached hydrogen (secondary N) is 1. The summed E-state index contributed by atoms with van der Waals surface area (Å²) >= 11 is 0. The molecule has 1 aromatic heterocycles. The SMILES string of the molecule is Cc1cc(N2CCN(CC(=O)NC(c3ccc4c(c3)OCCCO4)C(C)C)CC2)nc(C(C)C)n1. The van der Waals surface area contributed by atoms with Crippen LogP contribution in [-0.2, 0) is 4.79 Å². The van der Waals surface area contributed by atoms with Gasteiger partial charge in [-0.2, -0.15) is 0 Å². The highest BCUT2D eigenvalue weighted by atomic mass is 16.5. The molecule has 1 amide bonds. The molecule has 8 heteroatoms. The zero-order chi connectivity index (χ0) is 24.9. The molecule has 1 unspecified atom stereocenters. The predicted octanol–water partition coefficient (Wildman–Crippen LogP) is 3.71. The van der Waals surface area contributed by atoms with Crippen LogP contribution in [0.4, 0.5) is 5.82 Å². The zero-order valence-corrected chi connectivity index (χ0v) is 21.7. The van der Waals surface area contributed by atoms with Gasteiger partial charge in [0, 0.05) is 50.3 Å². The molecule has 0 saturated carbocycles. The molecule has 1 saturated heterocycles. The minimum atomic E-state index is -0.0839. The van der Waals surface area contributed by atoms with Gasteiger partial charge < -0.3 is 19.7 Å². The maximum Gasteiger partial charge on any atom is 0.234 e. The highest BCUT2D eigenvalue weighted by Gasteiger charge is 2.24. The summed E-state index contributed by atoms with van der Waals surface area (Å²) in [5.41, 5.74) is 2.04. The molecule has 35 heavy (non-hydrogen) atoms. The molecule has 3 heterocycles. The Morgan fingerprint density at radius 3 is 2.40 bits per heavy atom. The molecule has 1 N–H and O–H groups in total. The number of aryl methyl sites for hydroxylation is 1. The van der Waals surface area contributed by atoms with Gasteiger partial charge in [-0.3, -0.25) is 9.69 Å². The Morgan fingerprint density at radius 2 is 1.71 bits per heavy atom. The molecule has 2 aliphatic heterocycles. The number of rotatable bonds is 7. The van der Waals surface area contributed by atoms with E-state index in [0.29, 0.717) is 25.7 Å². The Labute approximate surface area is 209 Å². The average Bonchev–Trinajstić information content (AvgIpc) is 3.07. The first kappa shape index (κ1) is 25.2. The van der Waals surface area contributed by atoms with Gasteiger partial charge in [-0.25, -0.2) is 9.97 Å². The number of anilines is 1. The molecule has 1 aromatic carbocycles. The molecule has 2 aliphatic rings. The van der Waals surface area contributed by atoms with Crippen molar-refractivity contribution in [3.63, 3.8) is 0 Å². The molecule has 8 nitrogen and oxygen atoms in total. The first-order valence-electron chi connectivity index (χ1n) is 12.8. The molecular weight excluding hydrogens is 442 g/mol. The van der Waals surface area contributed by atoms with E-state index >= 15 is 0 Å². The van der Waals surface area contributed by atoms with E-state index in [0.717, 1.165) is 67.0 Å². The third kappa shape index (κ3) is 6.42. The summed E-state index contributed by atoms with van der Waals surface area (Å²) in [5, 5.41) is 3.26. The van der Waals surface area contributed by atoms with Crippen LogP contribution in [0.15, 0.2) is 24.3 Å². The fourth-order valence-corrected chi connectivity index (χ4v) is 4.56. The summed E-state index contributed by atoms with van der Waals surface area (Å²) in [6.07, 6.45) is 0.872. The topological polar surface area (TPSA) is 79.8 Å². The van der Waals surface area contributed by atoms with Crippen LogP contribution in [0.1, 0.15) is 63.2 Å². The maximum absolute atomic E-state index is 13.0. The second kappa shape index (κ2) is 11.2. The first-order valence-corrected chi connectivity index (χ1v) is 12.8. The van der Waals surface area contributed by atoms with Crippen molar-refractivity contribution in [2.75, 3.05) is 50.8 Å². The Balaban J connectivity index is 1.34. The number of amides is 1. The number of ether oxygens (including phenoxy) is 2. The first-order chi connectivity index (χ1) is 16.8. The summed E-state index contributed by atoms with van der Waals surface area (Å²) in [7, 11) is 0. The Bertz CT molecular complexity index is 1020. The Kier molecular flexibility index (Phi) is 8.11. The summed E-state index contributed by atoms with van der Waals surface area (Å²) in [4.78, 5) is 26.9. The number of carbonyl (C=O) groups is 1. The normalized spacial score (nSPS) is 17.4. The molecule has 190 valence electrons. The van der Waals surface area contributed by atoms with Crippen molar-refractivity contribution in [2.24, 2.45) is 5.92 Å². The van der Waals surface area contributed by atoms with Crippen LogP contribution in [0, 0.1) is 12.8 Å². The number of hydrogen-bond donors (Lipinski definition) is 1. The zero-order valence-electron chi connectivity index (χ0n) is 21.7. The summed E-state index contributed by atoms with van der Waals surface area (Å²) < 4.78 is 11.6. The molecular formula is C27H39N5O3. The molecule has 0 aliphatic carbocycles. The summed E-state index contributed by atoms with van der Waals surface area (Å²) in [5.74, 6) is 4.00. The minimum Gasteiger partial charge on any atom is -0.490 e. The maximum atomic E-state index is 13.0. The van der Waals surface area contributed by atoms with Crippen molar-refractivity contribution in [2.45, 2.75) is 53.0 Å². The lowest BCUT2D eigenvalue weighted by Gasteiger charge is -2.35. The van der Waals surface area contributed by atoms with E-state index in [2.05, 4.69) is 53.9 Å². The van der Waals surface area contributed by atoms with Crippen molar-refractivity contribution >= 4 is 11.7 Å². The van der Waals surface area contributed by atoms with E-state index in [9.17, 15) is 4.79 Å². The minimum absolute atomic E-state index is 0.0456. The fourth-order valence-electron chi connectivity index (χ4n) is 4.56. The van der Waals surface area contributed by atoms with Crippen LogP contribution >= 0.6 is 0 Å². The van der Waals surface area contributed by atoms with E-state index in [4.69, 9.17) is 14.5 Å². The smallest absolute Gasteiger partial charge is 0.234 e. The lowest BCUT2D eigenvalue weighted by molar-refractivity contribution is -0.123. The van der Waals surface area contributed by atoms with E-state index in [-0.39, 0.29) is 17.9 Å². The quantitative estimate of drug-likeness (QED) is 0.646. The van der Waals surface area contributed by atoms with Gasteiger partial charge in [0.2, 0.25) is 5.91 Å². The molecule has 1 atom stereocenters. The van der Waals surface area contributed by atoms with E-state index in [1.54, 1.807) is 0 Å². The van der Waals surface area contributed by atoms with Gasteiger partial charge in [0.05, 0.1) is 25.8 Å². The number of fused-ring (bicyclic) bond motifs is 1. The third-order valence-electron chi connectivity index (χ3n) is 6.55. The van der Waals surface area contributed by atoms with Gasteiger partial charge in [-0.15, -0.1) is 0 Å². The van der Waals surface area contributed by atoms with E-state index in [1.165, 1.54) is 0 Å². The summed E-state index contributed by atoms with van der Waals surface area (Å²) in [6, 6.07) is 7.97. The molecule has 4 rings (SSSR count). The van der Waals surface area contributed by atoms with Crippen LogP contribution in [-0.4, -0.2) is 66.7 Å². The van der Waals surface area contributed by atoms with E-state index < -0.39 is 0 Å². The lowest BCUT2D eigenvalue weighted by atomic mass is 9.95. The lowest BCUT2D eigenvalue weighted by Crippen LogP contribution is -2.50. The van der Waals surface area contributed by atoms with Crippen molar-refractivity contribution in [1.82, 2.24) is 20.2 Å². The van der Waals surface area contributed by atoms with Gasteiger partial charge in [0.25, 0.3) is 0 Å². The number of carbonyl (C=O) groups excluding carboxylic acids is 1. The van der Waals surface area contributed by atoms with Crippen LogP contribution in [0.5, 0.6) is 11.5 Å². The monoisotopic (exact) mass is 481 g/mol. The number of nitrogens with zero attached hydrogens (tertiary/aromatic N) is 4. The van der Waals surface area contributed by atoms with Crippen molar-refractivity contribution in [1.29, 1.82) is 0 Å². The molecule has 0 radical (unpaired) electrons. The van der Waals surface area contributed by atoms with Crippen molar-refractivity contribution in [3.05, 3.63) is 41.3 Å². The van der Waals surface area contributed by atoms with Crippen LogP contribution in [0.2, 0.25) is 0 Å². The van der Waals surface area contributed by atoms with Gasteiger partial charge in [0.1, 0.15) is 11.6 Å². The second-order valence-corrected chi connectivity index (χ2v) is 10.2. The van der Waals surface area contributed by atoms with Crippen molar-refractivity contribution in [3.8, 4) is 11.5 Å². The Morgan fingerprint density at radius 1 is 1.00 bits per heavy atom. The van der Waals surface area contributed by atoms with Gasteiger partial charge in [-0.1, -0.05) is 33.8 Å². The molecule has 0 bridgehead atoms. The average molecular weight is 482 g/mol. The van der Waals surface area contributed by atoms with E-state index in [1.807, 2.05) is 25.1 Å². The predicted molar refractivity (Wildman–Crippen MR) is 137 cm³/mol. The fraction of sp³-hybridized carbons (Fsp3) is 0.593. The highest BCUT2D eigenvalue weighted by molar-refractivity contribution is 5.78. The standard InChI is InChI=1S/C27H39N5O3/c1-18(2)26(21-7-8-22-23(16-21)35-14-6-13-34-22)30-25(33)17-31-9-11-32(12-10-31)24-15-20(5)28-27(29-24)19(3)4/h7-8,15-16,18-19,26H,6,9-14,17H2,1-5H3,(H,30,33). The van der Waals surface area contributed by atoms with Crippen LogP contribution < -0.4 is 19.7 Å². The number of aromatic nitrogens is 2. The summed E-state index contributed by atoms with van der Waals surface area (Å²) in [6.45, 7) is 15.5. The molecule has 1 fully saturated rings. The molecule has 0 spiro atoms. The third-order valence-corrected chi connectivity index (χ3v) is 6.55. The number of hydrogen-bond acceptors (Lipinski definition) is 7. The van der Waals surface area contributed by atoms with Gasteiger partial charge >= 0.3 is 0 Å². The number of piperazine rings is 1. The highest BCUT2D eigenvalue weighted by Crippen LogP contribution is 2.34. The van der Waals surface area contributed by atoms with Gasteiger partial charge in [-0.05, 0) is 30.5 Å². The molecule has 2 aromatic rings. The van der Waals surface area contributed by atoms with Crippen molar-refractivity contribution < 1.29 is 14.3 Å². The second-order valence-electron chi connectivity index (χ2n) is 10.2. The van der Waals surface area contributed by atoms with Crippen LogP contribution in [0.3, 0.4) is 0 Å². The van der Waals surface area contributed by atoms with Gasteiger partial charge in [0.15, 0.2) is 11.5 Å². The number of benzene rings is 1.